The van der Waals surface area contributed by atoms with Gasteiger partial charge >= 0.3 is 0 Å². The molecule has 3 nitrogen and oxygen atoms in total. The van der Waals surface area contributed by atoms with E-state index in [4.69, 9.17) is 9.40 Å². The third kappa shape index (κ3) is 2.49. The van der Waals surface area contributed by atoms with Gasteiger partial charge in [0.2, 0.25) is 0 Å². The van der Waals surface area contributed by atoms with E-state index in [0.717, 1.165) is 23.0 Å². The molecule has 3 aromatic rings. The number of hydrogen-bond acceptors (Lipinski definition) is 4. The smallest absolute Gasteiger partial charge is 0.162 e. The summed E-state index contributed by atoms with van der Waals surface area (Å²) in [4.78, 5) is 7.11. The number of aryl methyl sites for hydroxylation is 1. The minimum absolute atomic E-state index is 0.505. The molecule has 4 rings (SSSR count). The van der Waals surface area contributed by atoms with E-state index in [2.05, 4.69) is 41.6 Å². The van der Waals surface area contributed by atoms with Crippen molar-refractivity contribution >= 4 is 11.3 Å². The summed E-state index contributed by atoms with van der Waals surface area (Å²) in [5.74, 6) is 0.852. The Hall–Kier alpha value is -1.91. The lowest BCUT2D eigenvalue weighted by molar-refractivity contribution is 0.234. The molecule has 4 heteroatoms. The lowest BCUT2D eigenvalue weighted by atomic mass is 10.1. The van der Waals surface area contributed by atoms with E-state index >= 15 is 0 Å². The molecule has 1 atom stereocenters. The highest BCUT2D eigenvalue weighted by Gasteiger charge is 2.25. The average Bonchev–Trinajstić information content (AvgIpc) is 3.27. The van der Waals surface area contributed by atoms with E-state index in [-0.39, 0.29) is 0 Å². The summed E-state index contributed by atoms with van der Waals surface area (Å²) in [5.41, 5.74) is 4.09. The Kier molecular flexibility index (Phi) is 3.56. The van der Waals surface area contributed by atoms with Crippen LogP contribution in [0.5, 0.6) is 0 Å². The van der Waals surface area contributed by atoms with Crippen molar-refractivity contribution in [2.24, 2.45) is 0 Å². The van der Waals surface area contributed by atoms with Gasteiger partial charge in [-0.25, -0.2) is 4.98 Å². The lowest BCUT2D eigenvalue weighted by Gasteiger charge is -2.24. The number of rotatable bonds is 4. The third-order valence-electron chi connectivity index (χ3n) is 4.33. The van der Waals surface area contributed by atoms with E-state index < -0.39 is 0 Å². The number of nitrogens with zero attached hydrogens (tertiary/aromatic N) is 2. The Labute approximate surface area is 134 Å². The second kappa shape index (κ2) is 5.71. The first-order valence-electron chi connectivity index (χ1n) is 7.57. The van der Waals surface area contributed by atoms with E-state index in [0.29, 0.717) is 6.04 Å². The Bertz CT molecular complexity index is 763. The molecule has 22 heavy (non-hydrogen) atoms. The van der Waals surface area contributed by atoms with Crippen LogP contribution in [-0.4, -0.2) is 16.9 Å². The fourth-order valence-electron chi connectivity index (χ4n) is 3.25. The Balaban J connectivity index is 1.50. The highest BCUT2D eigenvalue weighted by Crippen LogP contribution is 2.35. The third-order valence-corrected chi connectivity index (χ3v) is 5.23. The summed E-state index contributed by atoms with van der Waals surface area (Å²) in [6.45, 7) is 0.871. The second-order valence-corrected chi connectivity index (χ2v) is 6.65. The van der Waals surface area contributed by atoms with Crippen molar-refractivity contribution in [2.45, 2.75) is 25.4 Å². The number of aromatic nitrogens is 1. The summed E-state index contributed by atoms with van der Waals surface area (Å²) in [6.07, 6.45) is 4.07. The molecule has 0 radical (unpaired) electrons. The van der Waals surface area contributed by atoms with Gasteiger partial charge in [-0.2, -0.15) is 0 Å². The fraction of sp³-hybridized carbons (Fsp3) is 0.278. The molecule has 0 spiro atoms. The normalized spacial score (nSPS) is 17.1. The van der Waals surface area contributed by atoms with Crippen molar-refractivity contribution in [3.63, 3.8) is 0 Å². The Morgan fingerprint density at radius 2 is 2.18 bits per heavy atom. The van der Waals surface area contributed by atoms with Crippen LogP contribution in [0.15, 0.2) is 52.5 Å². The molecule has 1 unspecified atom stereocenters. The van der Waals surface area contributed by atoms with Gasteiger partial charge in [-0.15, -0.1) is 11.3 Å². The van der Waals surface area contributed by atoms with Crippen molar-refractivity contribution in [2.75, 3.05) is 7.05 Å². The molecule has 2 heterocycles. The van der Waals surface area contributed by atoms with Gasteiger partial charge in [0.15, 0.2) is 10.8 Å². The van der Waals surface area contributed by atoms with Crippen molar-refractivity contribution in [1.29, 1.82) is 0 Å². The summed E-state index contributed by atoms with van der Waals surface area (Å²) >= 11 is 1.65. The number of benzene rings is 1. The lowest BCUT2D eigenvalue weighted by Crippen LogP contribution is -2.22. The van der Waals surface area contributed by atoms with Gasteiger partial charge in [0.25, 0.3) is 0 Å². The van der Waals surface area contributed by atoms with Crippen LogP contribution in [-0.2, 0) is 13.0 Å². The summed E-state index contributed by atoms with van der Waals surface area (Å²) in [6, 6.07) is 13.2. The van der Waals surface area contributed by atoms with Gasteiger partial charge in [-0.3, -0.25) is 4.90 Å². The molecule has 1 aromatic carbocycles. The van der Waals surface area contributed by atoms with Crippen LogP contribution in [0.1, 0.15) is 29.3 Å². The highest BCUT2D eigenvalue weighted by molar-refractivity contribution is 7.13. The topological polar surface area (TPSA) is 29.3 Å². The zero-order valence-electron chi connectivity index (χ0n) is 12.5. The molecule has 0 N–H and O–H groups in total. The van der Waals surface area contributed by atoms with Gasteiger partial charge in [-0.1, -0.05) is 24.3 Å². The zero-order chi connectivity index (χ0) is 14.9. The van der Waals surface area contributed by atoms with Crippen LogP contribution in [0, 0.1) is 0 Å². The number of hydrogen-bond donors (Lipinski definition) is 0. The predicted octanol–water partition coefficient (Wildman–Crippen LogP) is 4.52. The van der Waals surface area contributed by atoms with Gasteiger partial charge in [0.05, 0.1) is 12.0 Å². The molecule has 0 aliphatic heterocycles. The molecule has 0 bridgehead atoms. The Morgan fingerprint density at radius 3 is 3.05 bits per heavy atom. The number of thiazole rings is 1. The van der Waals surface area contributed by atoms with Crippen LogP contribution >= 0.6 is 11.3 Å². The maximum Gasteiger partial charge on any atom is 0.162 e. The van der Waals surface area contributed by atoms with Crippen molar-refractivity contribution < 1.29 is 4.42 Å². The first-order valence-corrected chi connectivity index (χ1v) is 8.45. The molecule has 2 aromatic heterocycles. The van der Waals surface area contributed by atoms with E-state index in [9.17, 15) is 0 Å². The quantitative estimate of drug-likeness (QED) is 0.709. The number of fused-ring (bicyclic) bond motifs is 1. The SMILES string of the molecule is CN(Cc1csc(-c2ccco2)n1)C1CCc2ccccc21. The van der Waals surface area contributed by atoms with Gasteiger partial charge in [0.1, 0.15) is 0 Å². The second-order valence-electron chi connectivity index (χ2n) is 5.79. The highest BCUT2D eigenvalue weighted by atomic mass is 32.1. The molecular weight excluding hydrogens is 292 g/mol. The van der Waals surface area contributed by atoms with Gasteiger partial charge in [0, 0.05) is 18.0 Å². The molecule has 112 valence electrons. The van der Waals surface area contributed by atoms with E-state index in [1.54, 1.807) is 17.6 Å². The van der Waals surface area contributed by atoms with Crippen LogP contribution < -0.4 is 0 Å². The minimum atomic E-state index is 0.505. The van der Waals surface area contributed by atoms with Crippen LogP contribution in [0.4, 0.5) is 0 Å². The monoisotopic (exact) mass is 310 g/mol. The first kappa shape index (κ1) is 13.7. The molecular formula is C18H18N2OS. The minimum Gasteiger partial charge on any atom is -0.462 e. The standard InChI is InChI=1S/C18H18N2OS/c1-20(16-9-8-13-5-2-3-6-15(13)16)11-14-12-22-18(19-14)17-7-4-10-21-17/h2-7,10,12,16H,8-9,11H2,1H3. The van der Waals surface area contributed by atoms with Gasteiger partial charge in [-0.05, 0) is 43.1 Å². The van der Waals surface area contributed by atoms with Crippen LogP contribution in [0.3, 0.4) is 0 Å². The van der Waals surface area contributed by atoms with Crippen LogP contribution in [0.2, 0.25) is 0 Å². The van der Waals surface area contributed by atoms with Crippen molar-refractivity contribution in [3.8, 4) is 10.8 Å². The molecule has 1 aliphatic carbocycles. The Morgan fingerprint density at radius 1 is 1.27 bits per heavy atom. The predicted molar refractivity (Wildman–Crippen MR) is 88.8 cm³/mol. The summed E-state index contributed by atoms with van der Waals surface area (Å²) in [7, 11) is 2.19. The summed E-state index contributed by atoms with van der Waals surface area (Å²) in [5, 5.41) is 3.09. The zero-order valence-corrected chi connectivity index (χ0v) is 13.3. The van der Waals surface area contributed by atoms with Gasteiger partial charge < -0.3 is 4.42 Å². The average molecular weight is 310 g/mol. The first-order chi connectivity index (χ1) is 10.8. The molecule has 0 amide bonds. The molecule has 1 aliphatic rings. The maximum atomic E-state index is 5.42. The van der Waals surface area contributed by atoms with E-state index in [1.165, 1.54) is 24.0 Å². The molecule has 0 saturated heterocycles. The largest absolute Gasteiger partial charge is 0.462 e. The molecule has 0 saturated carbocycles. The molecule has 0 fully saturated rings. The fourth-order valence-corrected chi connectivity index (χ4v) is 4.03. The summed E-state index contributed by atoms with van der Waals surface area (Å²) < 4.78 is 5.42. The number of furan rings is 1. The van der Waals surface area contributed by atoms with Crippen LogP contribution in [0.25, 0.3) is 10.8 Å². The van der Waals surface area contributed by atoms with Crippen molar-refractivity contribution in [3.05, 3.63) is 64.9 Å². The maximum absolute atomic E-state index is 5.42. The van der Waals surface area contributed by atoms with E-state index in [1.807, 2.05) is 12.1 Å². The van der Waals surface area contributed by atoms with Crippen molar-refractivity contribution in [1.82, 2.24) is 9.88 Å².